The zero-order valence-corrected chi connectivity index (χ0v) is 7.59. The second-order valence-corrected chi connectivity index (χ2v) is 3.43. The Bertz CT molecular complexity index is 186. The molecule has 0 bridgehead atoms. The fraction of sp³-hybridized carbons (Fsp3) is 0.700. The van der Waals surface area contributed by atoms with E-state index in [2.05, 4.69) is 13.0 Å². The lowest BCUT2D eigenvalue weighted by atomic mass is 9.82. The van der Waals surface area contributed by atoms with E-state index in [0.717, 1.165) is 25.7 Å². The average Bonchev–Trinajstić information content (AvgIpc) is 2.00. The van der Waals surface area contributed by atoms with Crippen LogP contribution in [-0.4, -0.2) is 17.4 Å². The van der Waals surface area contributed by atoms with E-state index in [9.17, 15) is 5.11 Å². The lowest BCUT2D eigenvalue weighted by Gasteiger charge is -2.25. The van der Waals surface area contributed by atoms with Crippen molar-refractivity contribution in [3.63, 3.8) is 0 Å². The van der Waals surface area contributed by atoms with E-state index in [1.165, 1.54) is 11.8 Å². The number of rotatable bonds is 5. The smallest absolute Gasteiger partial charge is 0.0577 e. The predicted octanol–water partition coefficient (Wildman–Crippen LogP) is 2.13. The Morgan fingerprint density at radius 1 is 1.83 bits per heavy atom. The summed E-state index contributed by atoms with van der Waals surface area (Å²) in [5, 5.41) is 16.6. The van der Waals surface area contributed by atoms with Crippen molar-refractivity contribution in [2.75, 3.05) is 0 Å². The van der Waals surface area contributed by atoms with Gasteiger partial charge in [0.2, 0.25) is 0 Å². The summed E-state index contributed by atoms with van der Waals surface area (Å²) in [4.78, 5) is 0. The summed E-state index contributed by atoms with van der Waals surface area (Å²) in [5.41, 5.74) is 1.26. The minimum atomic E-state index is -0.191. The molecule has 0 aromatic rings. The molecule has 2 N–H and O–H groups in total. The van der Waals surface area contributed by atoms with E-state index in [0.29, 0.717) is 5.92 Å². The van der Waals surface area contributed by atoms with E-state index in [-0.39, 0.29) is 6.10 Å². The van der Waals surface area contributed by atoms with E-state index in [1.54, 1.807) is 0 Å². The SMILES string of the molecule is CCCC(O)CC1=CCC1C=N. The van der Waals surface area contributed by atoms with Crippen molar-refractivity contribution in [3.8, 4) is 0 Å². The Morgan fingerprint density at radius 2 is 2.58 bits per heavy atom. The molecule has 68 valence electrons. The summed E-state index contributed by atoms with van der Waals surface area (Å²) in [6, 6.07) is 0. The molecule has 1 aliphatic carbocycles. The van der Waals surface area contributed by atoms with Gasteiger partial charge in [-0.05, 0) is 19.3 Å². The van der Waals surface area contributed by atoms with Crippen LogP contribution in [0.4, 0.5) is 0 Å². The summed E-state index contributed by atoms with van der Waals surface area (Å²) in [6.45, 7) is 2.08. The van der Waals surface area contributed by atoms with Crippen LogP contribution in [0.5, 0.6) is 0 Å². The number of allylic oxidation sites excluding steroid dienone is 1. The van der Waals surface area contributed by atoms with Gasteiger partial charge < -0.3 is 10.5 Å². The van der Waals surface area contributed by atoms with Crippen LogP contribution in [-0.2, 0) is 0 Å². The Hall–Kier alpha value is -0.630. The van der Waals surface area contributed by atoms with Gasteiger partial charge in [-0.1, -0.05) is 25.0 Å². The first-order valence-corrected chi connectivity index (χ1v) is 4.65. The third kappa shape index (κ3) is 2.18. The van der Waals surface area contributed by atoms with Gasteiger partial charge in [0, 0.05) is 12.1 Å². The van der Waals surface area contributed by atoms with Gasteiger partial charge in [0.05, 0.1) is 6.10 Å². The molecule has 0 aliphatic heterocycles. The van der Waals surface area contributed by atoms with Crippen LogP contribution in [0.2, 0.25) is 0 Å². The Morgan fingerprint density at radius 3 is 3.00 bits per heavy atom. The maximum Gasteiger partial charge on any atom is 0.0577 e. The molecule has 0 aromatic heterocycles. The molecule has 0 amide bonds. The predicted molar refractivity (Wildman–Crippen MR) is 50.5 cm³/mol. The zero-order chi connectivity index (χ0) is 8.97. The van der Waals surface area contributed by atoms with Gasteiger partial charge in [0.15, 0.2) is 0 Å². The third-order valence-corrected chi connectivity index (χ3v) is 2.40. The second kappa shape index (κ2) is 4.41. The van der Waals surface area contributed by atoms with Gasteiger partial charge >= 0.3 is 0 Å². The largest absolute Gasteiger partial charge is 0.393 e. The summed E-state index contributed by atoms with van der Waals surface area (Å²) in [5.74, 6) is 0.330. The molecule has 2 unspecified atom stereocenters. The van der Waals surface area contributed by atoms with Crippen LogP contribution < -0.4 is 0 Å². The zero-order valence-electron chi connectivity index (χ0n) is 7.59. The van der Waals surface area contributed by atoms with Crippen LogP contribution >= 0.6 is 0 Å². The Kier molecular flexibility index (Phi) is 3.48. The van der Waals surface area contributed by atoms with Crippen LogP contribution in [0.1, 0.15) is 32.6 Å². The molecule has 1 rings (SSSR count). The van der Waals surface area contributed by atoms with Gasteiger partial charge in [0.1, 0.15) is 0 Å². The van der Waals surface area contributed by atoms with Crippen LogP contribution in [0.25, 0.3) is 0 Å². The van der Waals surface area contributed by atoms with E-state index in [4.69, 9.17) is 5.41 Å². The first kappa shape index (κ1) is 9.46. The number of hydrogen-bond acceptors (Lipinski definition) is 2. The maximum absolute atomic E-state index is 9.48. The minimum absolute atomic E-state index is 0.191. The van der Waals surface area contributed by atoms with Gasteiger partial charge in [-0.15, -0.1) is 0 Å². The van der Waals surface area contributed by atoms with Crippen LogP contribution in [0, 0.1) is 11.3 Å². The molecular formula is C10H17NO. The van der Waals surface area contributed by atoms with Crippen LogP contribution in [0.3, 0.4) is 0 Å². The minimum Gasteiger partial charge on any atom is -0.393 e. The van der Waals surface area contributed by atoms with Crippen molar-refractivity contribution in [1.82, 2.24) is 0 Å². The summed E-state index contributed by atoms with van der Waals surface area (Å²) < 4.78 is 0. The lowest BCUT2D eigenvalue weighted by Crippen LogP contribution is -2.18. The fourth-order valence-corrected chi connectivity index (χ4v) is 1.54. The number of nitrogens with one attached hydrogen (secondary N) is 1. The highest BCUT2D eigenvalue weighted by Crippen LogP contribution is 2.29. The molecule has 0 saturated heterocycles. The molecule has 0 radical (unpaired) electrons. The fourth-order valence-electron chi connectivity index (χ4n) is 1.54. The van der Waals surface area contributed by atoms with E-state index >= 15 is 0 Å². The summed E-state index contributed by atoms with van der Waals surface area (Å²) >= 11 is 0. The average molecular weight is 167 g/mol. The Balaban J connectivity index is 2.27. The van der Waals surface area contributed by atoms with Crippen molar-refractivity contribution in [2.45, 2.75) is 38.7 Å². The second-order valence-electron chi connectivity index (χ2n) is 3.43. The standard InChI is InChI=1S/C10H17NO/c1-2-3-10(12)6-8-4-5-9(8)7-11/h4,7,9-12H,2-3,5-6H2,1H3. The molecular weight excluding hydrogens is 150 g/mol. The van der Waals surface area contributed by atoms with Crippen molar-refractivity contribution in [2.24, 2.45) is 5.92 Å². The Labute approximate surface area is 73.8 Å². The van der Waals surface area contributed by atoms with E-state index in [1.807, 2.05) is 0 Å². The first-order chi connectivity index (χ1) is 5.77. The first-order valence-electron chi connectivity index (χ1n) is 4.65. The normalized spacial score (nSPS) is 24.2. The van der Waals surface area contributed by atoms with E-state index < -0.39 is 0 Å². The van der Waals surface area contributed by atoms with Gasteiger partial charge in [0.25, 0.3) is 0 Å². The lowest BCUT2D eigenvalue weighted by molar-refractivity contribution is 0.160. The molecule has 0 spiro atoms. The molecule has 2 heteroatoms. The molecule has 2 atom stereocenters. The highest BCUT2D eigenvalue weighted by Gasteiger charge is 2.20. The summed E-state index contributed by atoms with van der Waals surface area (Å²) in [6.07, 6.45) is 7.10. The molecule has 2 nitrogen and oxygen atoms in total. The number of hydrogen-bond donors (Lipinski definition) is 2. The molecule has 0 fully saturated rings. The number of aliphatic hydroxyl groups excluding tert-OH is 1. The van der Waals surface area contributed by atoms with Crippen molar-refractivity contribution in [1.29, 1.82) is 5.41 Å². The molecule has 0 aromatic carbocycles. The van der Waals surface area contributed by atoms with Crippen molar-refractivity contribution >= 4 is 6.21 Å². The molecule has 0 heterocycles. The highest BCUT2D eigenvalue weighted by molar-refractivity contribution is 5.64. The topological polar surface area (TPSA) is 44.1 Å². The maximum atomic E-state index is 9.48. The molecule has 12 heavy (non-hydrogen) atoms. The number of aliphatic hydroxyl groups is 1. The summed E-state index contributed by atoms with van der Waals surface area (Å²) in [7, 11) is 0. The quantitative estimate of drug-likeness (QED) is 0.478. The van der Waals surface area contributed by atoms with Gasteiger partial charge in [-0.2, -0.15) is 0 Å². The monoisotopic (exact) mass is 167 g/mol. The van der Waals surface area contributed by atoms with Gasteiger partial charge in [-0.3, -0.25) is 0 Å². The van der Waals surface area contributed by atoms with Crippen molar-refractivity contribution in [3.05, 3.63) is 11.6 Å². The third-order valence-electron chi connectivity index (χ3n) is 2.40. The van der Waals surface area contributed by atoms with Crippen molar-refractivity contribution < 1.29 is 5.11 Å². The molecule has 0 saturated carbocycles. The van der Waals surface area contributed by atoms with Crippen LogP contribution in [0.15, 0.2) is 11.6 Å². The van der Waals surface area contributed by atoms with Gasteiger partial charge in [-0.25, -0.2) is 0 Å². The highest BCUT2D eigenvalue weighted by atomic mass is 16.3. The molecule has 1 aliphatic rings.